The van der Waals surface area contributed by atoms with Crippen molar-refractivity contribution in [3.8, 4) is 0 Å². The molecule has 0 heterocycles. The molecule has 0 saturated heterocycles. The van der Waals surface area contributed by atoms with Gasteiger partial charge < -0.3 is 10.2 Å². The van der Waals surface area contributed by atoms with E-state index in [0.717, 1.165) is 0 Å². The molecule has 2 nitrogen and oxygen atoms in total. The van der Waals surface area contributed by atoms with Crippen molar-refractivity contribution in [2.75, 3.05) is 6.61 Å². The molecule has 0 saturated carbocycles. The fourth-order valence-corrected chi connectivity index (χ4v) is 0.0913. The van der Waals surface area contributed by atoms with Crippen LogP contribution in [0.15, 0.2) is 11.8 Å². The van der Waals surface area contributed by atoms with Crippen molar-refractivity contribution in [3.05, 3.63) is 11.8 Å². The summed E-state index contributed by atoms with van der Waals surface area (Å²) in [6.07, 6.45) is 1.44. The number of rotatable bonds is 1. The van der Waals surface area contributed by atoms with E-state index in [0.29, 0.717) is 0 Å². The summed E-state index contributed by atoms with van der Waals surface area (Å²) in [6, 6.07) is 0. The van der Waals surface area contributed by atoms with Crippen LogP contribution in [0.1, 0.15) is 6.92 Å². The molecule has 36 valence electrons. The van der Waals surface area contributed by atoms with E-state index in [1.54, 1.807) is 6.92 Å². The van der Waals surface area contributed by atoms with Crippen molar-refractivity contribution in [3.63, 3.8) is 0 Å². The Morgan fingerprint density at radius 1 is 1.83 bits per heavy atom. The highest BCUT2D eigenvalue weighted by atomic mass is 16.3. The van der Waals surface area contributed by atoms with Crippen LogP contribution in [0.4, 0.5) is 0 Å². The van der Waals surface area contributed by atoms with Crippen molar-refractivity contribution in [2.45, 2.75) is 6.92 Å². The van der Waals surface area contributed by atoms with E-state index in [1.165, 1.54) is 6.08 Å². The highest BCUT2D eigenvalue weighted by molar-refractivity contribution is 4.85. The number of aliphatic hydroxyl groups excluding tert-OH is 2. The summed E-state index contributed by atoms with van der Waals surface area (Å²) < 4.78 is 0. The normalized spacial score (nSPS) is 12.0. The van der Waals surface area contributed by atoms with Gasteiger partial charge in [0.15, 0.2) is 0 Å². The third-order valence-electron chi connectivity index (χ3n) is 0.495. The lowest BCUT2D eigenvalue weighted by Gasteiger charge is -1.84. The van der Waals surface area contributed by atoms with Gasteiger partial charge in [0.1, 0.15) is 5.76 Å². The second kappa shape index (κ2) is 2.72. The molecule has 0 aromatic carbocycles. The van der Waals surface area contributed by atoms with Crippen LogP contribution in [0.2, 0.25) is 0 Å². The lowest BCUT2D eigenvalue weighted by atomic mass is 10.5. The van der Waals surface area contributed by atoms with Crippen molar-refractivity contribution >= 4 is 0 Å². The van der Waals surface area contributed by atoms with Crippen molar-refractivity contribution in [1.82, 2.24) is 0 Å². The molecule has 2 heteroatoms. The fraction of sp³-hybridized carbons (Fsp3) is 0.500. The van der Waals surface area contributed by atoms with Gasteiger partial charge in [-0.1, -0.05) is 0 Å². The van der Waals surface area contributed by atoms with Gasteiger partial charge in [0.25, 0.3) is 0 Å². The molecule has 2 N–H and O–H groups in total. The maximum absolute atomic E-state index is 8.28. The first-order chi connectivity index (χ1) is 2.81. The first-order valence-corrected chi connectivity index (χ1v) is 1.76. The lowest BCUT2D eigenvalue weighted by molar-refractivity contribution is 0.253. The largest absolute Gasteiger partial charge is 0.510 e. The van der Waals surface area contributed by atoms with Gasteiger partial charge in [-0.25, -0.2) is 0 Å². The second-order valence-corrected chi connectivity index (χ2v) is 0.938. The van der Waals surface area contributed by atoms with Crippen LogP contribution in [-0.2, 0) is 0 Å². The SMILES string of the molecule is C/C=C(/O)CO. The average Bonchev–Trinajstić information content (AvgIpc) is 1.65. The molecule has 0 fully saturated rings. The number of hydrogen-bond donors (Lipinski definition) is 2. The van der Waals surface area contributed by atoms with Gasteiger partial charge >= 0.3 is 0 Å². The van der Waals surface area contributed by atoms with E-state index < -0.39 is 0 Å². The Balaban J connectivity index is 3.22. The summed E-state index contributed by atoms with van der Waals surface area (Å²) in [7, 11) is 0. The van der Waals surface area contributed by atoms with E-state index in [2.05, 4.69) is 0 Å². The summed E-state index contributed by atoms with van der Waals surface area (Å²) >= 11 is 0. The smallest absolute Gasteiger partial charge is 0.113 e. The standard InChI is InChI=1S/C4H8O2/c1-2-4(6)3-5/h2,5-6H,3H2,1H3/b4-2+. The molecule has 6 heavy (non-hydrogen) atoms. The van der Waals surface area contributed by atoms with Crippen LogP contribution in [0.5, 0.6) is 0 Å². The maximum Gasteiger partial charge on any atom is 0.113 e. The van der Waals surface area contributed by atoms with Gasteiger partial charge in [-0.15, -0.1) is 0 Å². The predicted octanol–water partition coefficient (Wildman–Crippen LogP) is 0.440. The van der Waals surface area contributed by atoms with Crippen molar-refractivity contribution < 1.29 is 10.2 Å². The molecule has 0 unspecified atom stereocenters. The zero-order valence-corrected chi connectivity index (χ0v) is 3.68. The lowest BCUT2D eigenvalue weighted by Crippen LogP contribution is -1.84. The molecule has 0 aromatic heterocycles. The van der Waals surface area contributed by atoms with Crippen molar-refractivity contribution in [2.24, 2.45) is 0 Å². The zero-order chi connectivity index (χ0) is 4.99. The molecule has 0 aliphatic carbocycles. The van der Waals surface area contributed by atoms with Crippen LogP contribution in [0.3, 0.4) is 0 Å². The Hall–Kier alpha value is -0.500. The summed E-state index contributed by atoms with van der Waals surface area (Å²) in [4.78, 5) is 0. The summed E-state index contributed by atoms with van der Waals surface area (Å²) in [5, 5.41) is 16.3. The molecule has 0 radical (unpaired) electrons. The highest BCUT2D eigenvalue weighted by Crippen LogP contribution is 1.79. The van der Waals surface area contributed by atoms with Gasteiger partial charge in [0.05, 0.1) is 6.61 Å². The van der Waals surface area contributed by atoms with Gasteiger partial charge in [-0.2, -0.15) is 0 Å². The van der Waals surface area contributed by atoms with E-state index in [1.807, 2.05) is 0 Å². The summed E-state index contributed by atoms with van der Waals surface area (Å²) in [6.45, 7) is 1.40. The minimum absolute atomic E-state index is 0.0231. The Kier molecular flexibility index (Phi) is 2.50. The first kappa shape index (κ1) is 5.50. The predicted molar refractivity (Wildman–Crippen MR) is 23.5 cm³/mol. The monoisotopic (exact) mass is 88.1 g/mol. The number of aliphatic hydroxyl groups is 2. The molecule has 0 aliphatic heterocycles. The van der Waals surface area contributed by atoms with Gasteiger partial charge in [-0.3, -0.25) is 0 Å². The molecule has 0 amide bonds. The van der Waals surface area contributed by atoms with Crippen molar-refractivity contribution in [1.29, 1.82) is 0 Å². The molecule has 0 aromatic rings. The van der Waals surface area contributed by atoms with Crippen LogP contribution in [0.25, 0.3) is 0 Å². The minimum atomic E-state index is -0.253. The summed E-state index contributed by atoms with van der Waals surface area (Å²) in [5.41, 5.74) is 0. The fourth-order valence-electron chi connectivity index (χ4n) is 0.0913. The van der Waals surface area contributed by atoms with Gasteiger partial charge in [-0.05, 0) is 13.0 Å². The molecule has 0 spiro atoms. The second-order valence-electron chi connectivity index (χ2n) is 0.938. The molecule has 0 rings (SSSR count). The molecule has 0 bridgehead atoms. The number of allylic oxidation sites excluding steroid dienone is 1. The zero-order valence-electron chi connectivity index (χ0n) is 3.68. The Labute approximate surface area is 36.7 Å². The Bertz CT molecular complexity index is 56.6. The summed E-state index contributed by atoms with van der Waals surface area (Å²) in [5.74, 6) is 0.0231. The van der Waals surface area contributed by atoms with Crippen LogP contribution >= 0.6 is 0 Å². The van der Waals surface area contributed by atoms with Gasteiger partial charge in [0.2, 0.25) is 0 Å². The maximum atomic E-state index is 8.28. The quantitative estimate of drug-likeness (QED) is 0.456. The highest BCUT2D eigenvalue weighted by Gasteiger charge is 1.77. The van der Waals surface area contributed by atoms with Crippen LogP contribution in [0, 0.1) is 0 Å². The third-order valence-corrected chi connectivity index (χ3v) is 0.495. The van der Waals surface area contributed by atoms with Gasteiger partial charge in [0, 0.05) is 0 Å². The van der Waals surface area contributed by atoms with Crippen LogP contribution in [-0.4, -0.2) is 16.8 Å². The molecule has 0 atom stereocenters. The molecular weight excluding hydrogens is 80.0 g/mol. The van der Waals surface area contributed by atoms with E-state index in [9.17, 15) is 0 Å². The van der Waals surface area contributed by atoms with Crippen LogP contribution < -0.4 is 0 Å². The van der Waals surface area contributed by atoms with E-state index in [-0.39, 0.29) is 12.4 Å². The third kappa shape index (κ3) is 1.79. The topological polar surface area (TPSA) is 40.5 Å². The van der Waals surface area contributed by atoms with E-state index >= 15 is 0 Å². The Morgan fingerprint density at radius 3 is 2.33 bits per heavy atom. The van der Waals surface area contributed by atoms with E-state index in [4.69, 9.17) is 10.2 Å². The average molecular weight is 88.1 g/mol. The number of hydrogen-bond acceptors (Lipinski definition) is 2. The minimum Gasteiger partial charge on any atom is -0.510 e. The first-order valence-electron chi connectivity index (χ1n) is 1.76. The molecule has 0 aliphatic rings. The Morgan fingerprint density at radius 2 is 2.33 bits per heavy atom. The molecular formula is C4H8O2.